The van der Waals surface area contributed by atoms with E-state index in [2.05, 4.69) is 10.8 Å². The van der Waals surface area contributed by atoms with E-state index in [0.717, 1.165) is 28.3 Å². The first-order valence-corrected chi connectivity index (χ1v) is 6.71. The van der Waals surface area contributed by atoms with E-state index in [1.165, 1.54) is 0 Å². The van der Waals surface area contributed by atoms with E-state index in [9.17, 15) is 0 Å². The van der Waals surface area contributed by atoms with Crippen molar-refractivity contribution in [1.29, 1.82) is 0 Å². The molecule has 0 aromatic heterocycles. The summed E-state index contributed by atoms with van der Waals surface area (Å²) >= 11 is 1.16. The van der Waals surface area contributed by atoms with Crippen LogP contribution in [0.3, 0.4) is 0 Å². The third kappa shape index (κ3) is 8.92. The van der Waals surface area contributed by atoms with Crippen LogP contribution in [-0.2, 0) is 28.3 Å². The van der Waals surface area contributed by atoms with E-state index < -0.39 is 0 Å². The minimum Gasteiger partial charge on any atom is 0 e. The summed E-state index contributed by atoms with van der Waals surface area (Å²) in [4.78, 5) is 0. The van der Waals surface area contributed by atoms with Gasteiger partial charge < -0.3 is 0 Å². The van der Waals surface area contributed by atoms with E-state index in [1.54, 1.807) is 0 Å². The van der Waals surface area contributed by atoms with Gasteiger partial charge in [0.25, 0.3) is 0 Å². The summed E-state index contributed by atoms with van der Waals surface area (Å²) in [6.45, 7) is 0. The van der Waals surface area contributed by atoms with E-state index in [0.29, 0.717) is 0 Å². The minimum atomic E-state index is 0. The molecule has 0 saturated heterocycles. The molecule has 0 amide bonds. The molecule has 0 aliphatic rings. The van der Waals surface area contributed by atoms with Gasteiger partial charge in [-0.2, -0.15) is 0 Å². The number of halogens is 1. The Kier molecular flexibility index (Phi) is 64.8. The summed E-state index contributed by atoms with van der Waals surface area (Å²) in [6, 6.07) is 0. The topological polar surface area (TPSA) is 0 Å². The maximum absolute atomic E-state index is 3.07. The Labute approximate surface area is 83.2 Å². The second-order valence-corrected chi connectivity index (χ2v) is 0. The summed E-state index contributed by atoms with van der Waals surface area (Å²) in [5.74, 6) is 0. The Morgan fingerprint density at radius 3 is 1.25 bits per heavy atom. The predicted molar refractivity (Wildman–Crippen MR) is 21.8 cm³/mol. The molecule has 0 aromatic rings. The molecule has 0 heterocycles. The van der Waals surface area contributed by atoms with Gasteiger partial charge in [0.2, 0.25) is 0 Å². The average Bonchev–Trinajstić information content (AvgIpc) is 1.00. The van der Waals surface area contributed by atoms with Crippen molar-refractivity contribution in [3.8, 4) is 0 Å². The summed E-state index contributed by atoms with van der Waals surface area (Å²) in [6.07, 6.45) is 0. The standard InChI is InChI=1S/BrH.Li.Tl.Y.H/h1H;;;;/q;;;+1;/p-1. The normalized spacial score (nSPS) is 1.00. The first kappa shape index (κ1) is 15.7. The number of hydrogen-bond acceptors (Lipinski definition) is 0. The molecule has 0 aromatic carbocycles. The van der Waals surface area contributed by atoms with Crippen LogP contribution < -0.4 is 0 Å². The zero-order chi connectivity index (χ0) is 2.00. The van der Waals surface area contributed by atoms with E-state index >= 15 is 0 Å². The largest absolute Gasteiger partial charge is 0 e. The van der Waals surface area contributed by atoms with Crippen LogP contribution in [0.15, 0.2) is 0 Å². The second-order valence-electron chi connectivity index (χ2n) is 0. The third-order valence-electron chi connectivity index (χ3n) is 0. The van der Waals surface area contributed by atoms with Gasteiger partial charge in [-0.05, 0) is 0 Å². The molecule has 0 atom stereocenters. The van der Waals surface area contributed by atoms with Crippen molar-refractivity contribution in [3.05, 3.63) is 0 Å². The Hall–Kier alpha value is 3.10. The van der Waals surface area contributed by atoms with Gasteiger partial charge in [0, 0.05) is 27.3 Å². The van der Waals surface area contributed by atoms with Crippen molar-refractivity contribution in [2.75, 3.05) is 0 Å². The average molecular weight is 381 g/mol. The Morgan fingerprint density at radius 2 is 1.25 bits per heavy atom. The van der Waals surface area contributed by atoms with Gasteiger partial charge in [0.05, 0.1) is 0 Å². The van der Waals surface area contributed by atoms with Crippen molar-refractivity contribution in [1.82, 2.24) is 0 Å². The molecular formula is HBrLiTlY. The smallest absolute Gasteiger partial charge is 0 e. The quantitative estimate of drug-likeness (QED) is 0.511. The van der Waals surface area contributed by atoms with Crippen molar-refractivity contribution in [3.63, 3.8) is 0 Å². The Bertz CT molecular complexity index is 8.00. The summed E-state index contributed by atoms with van der Waals surface area (Å²) in [5, 5.41) is 0. The maximum Gasteiger partial charge on any atom is 0 e. The third-order valence-corrected chi connectivity index (χ3v) is 0. The molecule has 0 fully saturated rings. The summed E-state index contributed by atoms with van der Waals surface area (Å²) in [7, 11) is 3.07. The van der Waals surface area contributed by atoms with Crippen LogP contribution in [0.25, 0.3) is 0 Å². The van der Waals surface area contributed by atoms with Gasteiger partial charge in [0.15, 0.2) is 0 Å². The summed E-state index contributed by atoms with van der Waals surface area (Å²) in [5.41, 5.74) is 0. The van der Waals surface area contributed by atoms with Gasteiger partial charge in [0.1, 0.15) is 0 Å². The van der Waals surface area contributed by atoms with Crippen molar-refractivity contribution in [2.45, 2.75) is 0 Å². The predicted octanol–water partition coefficient (Wildman–Crippen LogP) is -0.186. The molecule has 0 unspecified atom stereocenters. The molecular weight excluding hydrogens is 380 g/mol. The molecule has 0 nitrogen and oxygen atoms in total. The number of rotatable bonds is 0. The van der Waals surface area contributed by atoms with E-state index in [1.807, 2.05) is 0 Å². The van der Waals surface area contributed by atoms with Crippen LogP contribution in [0.5, 0.6) is 0 Å². The monoisotopic (exact) mass is 381 g/mol. The number of hydrogen-bond donors (Lipinski definition) is 0. The first-order valence-electron chi connectivity index (χ1n) is 0.218. The van der Waals surface area contributed by atoms with Gasteiger partial charge in [-0.1, -0.05) is 0 Å². The van der Waals surface area contributed by atoms with Crippen LogP contribution >= 0.6 is 10.8 Å². The maximum atomic E-state index is 3.07. The van der Waals surface area contributed by atoms with E-state index in [-0.39, 0.29) is 46.2 Å². The molecule has 4 heteroatoms. The molecule has 0 aliphatic heterocycles. The molecule has 15 valence electrons. The zero-order valence-electron chi connectivity index (χ0n) is 1.53. The van der Waals surface area contributed by atoms with Gasteiger partial charge >= 0.3 is 57.9 Å². The van der Waals surface area contributed by atoms with Crippen LogP contribution in [0.1, 0.15) is 0 Å². The van der Waals surface area contributed by atoms with Crippen LogP contribution in [0, 0.1) is 0 Å². The van der Waals surface area contributed by atoms with Crippen LogP contribution in [0.2, 0.25) is 0 Å². The van der Waals surface area contributed by atoms with Crippen molar-refractivity contribution in [2.24, 2.45) is 0 Å². The van der Waals surface area contributed by atoms with Crippen LogP contribution in [0.4, 0.5) is 0 Å². The van der Waals surface area contributed by atoms with Crippen molar-refractivity contribution < 1.29 is 28.3 Å². The minimum absolute atomic E-state index is 0. The van der Waals surface area contributed by atoms with Gasteiger partial charge in [-0.15, -0.1) is 0 Å². The molecule has 4 heavy (non-hydrogen) atoms. The fourth-order valence-corrected chi connectivity index (χ4v) is 0. The Balaban J connectivity index is -0.00000000500. The Morgan fingerprint density at radius 1 is 1.25 bits per heavy atom. The van der Waals surface area contributed by atoms with Crippen LogP contribution in [-0.4, -0.2) is 46.2 Å². The molecule has 0 rings (SSSR count). The van der Waals surface area contributed by atoms with Gasteiger partial charge in [-0.3, -0.25) is 0 Å². The molecule has 0 spiro atoms. The zero-order valence-corrected chi connectivity index (χ0v) is 10.4. The molecule has 0 N–H and O–H groups in total. The molecule has 0 bridgehead atoms. The second kappa shape index (κ2) is 16.5. The molecule has 1 radical (unpaired) electrons. The van der Waals surface area contributed by atoms with Gasteiger partial charge in [-0.25, -0.2) is 0 Å². The summed E-state index contributed by atoms with van der Waals surface area (Å²) < 4.78 is 0. The van der Waals surface area contributed by atoms with E-state index in [4.69, 9.17) is 0 Å². The fourth-order valence-electron chi connectivity index (χ4n) is 0. The molecule has 0 aliphatic carbocycles. The molecule has 0 saturated carbocycles. The first-order chi connectivity index (χ1) is 1.00. The fraction of sp³-hybridized carbons (Fsp3) is 0. The van der Waals surface area contributed by atoms with Crippen molar-refractivity contribution >= 4 is 57.0 Å². The SMILES string of the molecule is [Br][Y].[LiH].[Tl].